The molecule has 0 radical (unpaired) electrons. The van der Waals surface area contributed by atoms with Crippen LogP contribution in [-0.4, -0.2) is 5.78 Å². The molecular weight excluding hydrogens is 208 g/mol. The molecule has 0 aliphatic heterocycles. The summed E-state index contributed by atoms with van der Waals surface area (Å²) in [4.78, 5) is 11.9. The SMILES string of the molecule is CC(C)Cc1ccc(C(C)C(=O)C(C)C)cc1. The van der Waals surface area contributed by atoms with Crippen LogP contribution in [0, 0.1) is 11.8 Å². The third-order valence-corrected chi connectivity index (χ3v) is 3.12. The summed E-state index contributed by atoms with van der Waals surface area (Å²) in [5, 5.41) is 0. The smallest absolute Gasteiger partial charge is 0.142 e. The second kappa shape index (κ2) is 6.00. The van der Waals surface area contributed by atoms with E-state index in [9.17, 15) is 4.79 Å². The number of rotatable bonds is 5. The Hall–Kier alpha value is -1.11. The van der Waals surface area contributed by atoms with Crippen molar-refractivity contribution in [2.24, 2.45) is 11.8 Å². The van der Waals surface area contributed by atoms with Gasteiger partial charge in [-0.2, -0.15) is 0 Å². The van der Waals surface area contributed by atoms with Crippen molar-refractivity contribution >= 4 is 5.78 Å². The van der Waals surface area contributed by atoms with Gasteiger partial charge in [0.2, 0.25) is 0 Å². The van der Waals surface area contributed by atoms with E-state index in [-0.39, 0.29) is 11.8 Å². The maximum absolute atomic E-state index is 11.9. The van der Waals surface area contributed by atoms with Gasteiger partial charge in [-0.3, -0.25) is 4.79 Å². The summed E-state index contributed by atoms with van der Waals surface area (Å²) in [7, 11) is 0. The number of hydrogen-bond donors (Lipinski definition) is 0. The van der Waals surface area contributed by atoms with Crippen molar-refractivity contribution in [1.29, 1.82) is 0 Å². The van der Waals surface area contributed by atoms with Crippen LogP contribution in [0.25, 0.3) is 0 Å². The van der Waals surface area contributed by atoms with Gasteiger partial charge in [0.15, 0.2) is 0 Å². The Labute approximate surface area is 105 Å². The van der Waals surface area contributed by atoms with Crippen LogP contribution >= 0.6 is 0 Å². The average molecular weight is 232 g/mol. The van der Waals surface area contributed by atoms with Crippen molar-refractivity contribution in [3.63, 3.8) is 0 Å². The Kier molecular flexibility index (Phi) is 4.92. The standard InChI is InChI=1S/C16H24O/c1-11(2)10-14-6-8-15(9-7-14)13(5)16(17)12(3)4/h6-9,11-13H,10H2,1-5H3. The molecule has 1 heteroatoms. The summed E-state index contributed by atoms with van der Waals surface area (Å²) in [5.41, 5.74) is 2.49. The van der Waals surface area contributed by atoms with Crippen molar-refractivity contribution in [2.75, 3.05) is 0 Å². The molecule has 0 aliphatic rings. The maximum Gasteiger partial charge on any atom is 0.142 e. The van der Waals surface area contributed by atoms with Crippen LogP contribution in [-0.2, 0) is 11.2 Å². The zero-order chi connectivity index (χ0) is 13.0. The van der Waals surface area contributed by atoms with E-state index in [1.54, 1.807) is 0 Å². The monoisotopic (exact) mass is 232 g/mol. The second-order valence-electron chi connectivity index (χ2n) is 5.62. The number of ketones is 1. The fourth-order valence-electron chi connectivity index (χ4n) is 2.08. The molecule has 0 bridgehead atoms. The number of benzene rings is 1. The van der Waals surface area contributed by atoms with Gasteiger partial charge in [-0.25, -0.2) is 0 Å². The third kappa shape index (κ3) is 3.99. The summed E-state index contributed by atoms with van der Waals surface area (Å²) in [6, 6.07) is 8.50. The quantitative estimate of drug-likeness (QED) is 0.743. The molecule has 1 unspecified atom stereocenters. The molecule has 0 saturated carbocycles. The second-order valence-corrected chi connectivity index (χ2v) is 5.62. The van der Waals surface area contributed by atoms with Crippen molar-refractivity contribution < 1.29 is 4.79 Å². The maximum atomic E-state index is 11.9. The highest BCUT2D eigenvalue weighted by atomic mass is 16.1. The van der Waals surface area contributed by atoms with Gasteiger partial charge < -0.3 is 0 Å². The lowest BCUT2D eigenvalue weighted by Crippen LogP contribution is -2.15. The predicted molar refractivity (Wildman–Crippen MR) is 73.2 cm³/mol. The first-order valence-corrected chi connectivity index (χ1v) is 6.54. The minimum Gasteiger partial charge on any atom is -0.299 e. The fourth-order valence-corrected chi connectivity index (χ4v) is 2.08. The topological polar surface area (TPSA) is 17.1 Å². The minimum atomic E-state index is 0.0168. The van der Waals surface area contributed by atoms with Crippen LogP contribution in [0.4, 0.5) is 0 Å². The zero-order valence-electron chi connectivity index (χ0n) is 11.7. The molecule has 0 N–H and O–H groups in total. The molecule has 0 aromatic heterocycles. The highest BCUT2D eigenvalue weighted by molar-refractivity contribution is 5.86. The molecule has 94 valence electrons. The van der Waals surface area contributed by atoms with E-state index in [4.69, 9.17) is 0 Å². The van der Waals surface area contributed by atoms with Crippen LogP contribution in [0.2, 0.25) is 0 Å². The molecule has 0 saturated heterocycles. The van der Waals surface area contributed by atoms with Gasteiger partial charge >= 0.3 is 0 Å². The van der Waals surface area contributed by atoms with Gasteiger partial charge in [-0.05, 0) is 23.5 Å². The minimum absolute atomic E-state index is 0.0168. The largest absolute Gasteiger partial charge is 0.299 e. The summed E-state index contributed by atoms with van der Waals surface area (Å²) < 4.78 is 0. The van der Waals surface area contributed by atoms with Crippen molar-refractivity contribution in [3.8, 4) is 0 Å². The lowest BCUT2D eigenvalue weighted by molar-refractivity contribution is -0.123. The summed E-state index contributed by atoms with van der Waals surface area (Å²) in [5.74, 6) is 1.13. The highest BCUT2D eigenvalue weighted by Crippen LogP contribution is 2.21. The van der Waals surface area contributed by atoms with Gasteiger partial charge in [-0.15, -0.1) is 0 Å². The van der Waals surface area contributed by atoms with Gasteiger partial charge in [-0.1, -0.05) is 58.9 Å². The lowest BCUT2D eigenvalue weighted by atomic mass is 9.89. The fraction of sp³-hybridized carbons (Fsp3) is 0.562. The van der Waals surface area contributed by atoms with Gasteiger partial charge in [0.25, 0.3) is 0 Å². The van der Waals surface area contributed by atoms with Crippen LogP contribution in [0.15, 0.2) is 24.3 Å². The van der Waals surface area contributed by atoms with E-state index < -0.39 is 0 Å². The normalized spacial score (nSPS) is 13.1. The number of hydrogen-bond acceptors (Lipinski definition) is 1. The van der Waals surface area contributed by atoms with E-state index in [1.807, 2.05) is 20.8 Å². The van der Waals surface area contributed by atoms with Crippen molar-refractivity contribution in [1.82, 2.24) is 0 Å². The Balaban J connectivity index is 2.77. The predicted octanol–water partition coefficient (Wildman–Crippen LogP) is 4.21. The summed E-state index contributed by atoms with van der Waals surface area (Å²) in [6.45, 7) is 10.4. The van der Waals surface area contributed by atoms with E-state index in [0.717, 1.165) is 12.0 Å². The Bertz CT molecular complexity index is 360. The summed E-state index contributed by atoms with van der Waals surface area (Å²) >= 11 is 0. The molecule has 0 fully saturated rings. The van der Waals surface area contributed by atoms with Crippen molar-refractivity contribution in [2.45, 2.75) is 47.0 Å². The first kappa shape index (κ1) is 14.0. The molecule has 1 aromatic carbocycles. The first-order valence-electron chi connectivity index (χ1n) is 6.54. The first-order chi connectivity index (χ1) is 7.91. The van der Waals surface area contributed by atoms with Crippen LogP contribution in [0.5, 0.6) is 0 Å². The molecule has 0 heterocycles. The Morgan fingerprint density at radius 1 is 1.00 bits per heavy atom. The number of Topliss-reactive ketones (excluding diaryl/α,β-unsaturated/α-hetero) is 1. The van der Waals surface area contributed by atoms with E-state index in [1.165, 1.54) is 5.56 Å². The number of carbonyl (C=O) groups excluding carboxylic acids is 1. The molecule has 1 rings (SSSR count). The highest BCUT2D eigenvalue weighted by Gasteiger charge is 2.17. The molecule has 0 spiro atoms. The molecular formula is C16H24O. The van der Waals surface area contributed by atoms with Crippen molar-refractivity contribution in [3.05, 3.63) is 35.4 Å². The van der Waals surface area contributed by atoms with Crippen LogP contribution < -0.4 is 0 Å². The van der Waals surface area contributed by atoms with Gasteiger partial charge in [0, 0.05) is 11.8 Å². The van der Waals surface area contributed by atoms with E-state index in [0.29, 0.717) is 11.7 Å². The average Bonchev–Trinajstić information content (AvgIpc) is 2.27. The molecule has 1 nitrogen and oxygen atoms in total. The molecule has 1 atom stereocenters. The third-order valence-electron chi connectivity index (χ3n) is 3.12. The van der Waals surface area contributed by atoms with E-state index >= 15 is 0 Å². The number of carbonyl (C=O) groups is 1. The van der Waals surface area contributed by atoms with Gasteiger partial charge in [0.1, 0.15) is 5.78 Å². The van der Waals surface area contributed by atoms with E-state index in [2.05, 4.69) is 38.1 Å². The van der Waals surface area contributed by atoms with Crippen LogP contribution in [0.3, 0.4) is 0 Å². The summed E-state index contributed by atoms with van der Waals surface area (Å²) in [6.07, 6.45) is 1.10. The Morgan fingerprint density at radius 2 is 1.53 bits per heavy atom. The van der Waals surface area contributed by atoms with Crippen LogP contribution in [0.1, 0.15) is 51.7 Å². The molecule has 17 heavy (non-hydrogen) atoms. The van der Waals surface area contributed by atoms with Gasteiger partial charge in [0.05, 0.1) is 0 Å². The molecule has 0 aliphatic carbocycles. The molecule has 0 amide bonds. The Morgan fingerprint density at radius 3 is 1.94 bits per heavy atom. The molecule has 1 aromatic rings. The lowest BCUT2D eigenvalue weighted by Gasteiger charge is -2.14. The zero-order valence-corrected chi connectivity index (χ0v) is 11.7.